The first kappa shape index (κ1) is 19.8. The number of nitrogens with zero attached hydrogens (tertiary/aromatic N) is 6. The van der Waals surface area contributed by atoms with Crippen molar-refractivity contribution in [3.8, 4) is 45.3 Å². The Bertz CT molecular complexity index is 1390. The van der Waals surface area contributed by atoms with Gasteiger partial charge >= 0.3 is 0 Å². The van der Waals surface area contributed by atoms with E-state index in [-0.39, 0.29) is 0 Å². The van der Waals surface area contributed by atoms with Gasteiger partial charge in [-0.05, 0) is 29.8 Å². The minimum absolute atomic E-state index is 0.362. The van der Waals surface area contributed by atoms with Crippen molar-refractivity contribution in [1.82, 2.24) is 29.4 Å². The molecule has 9 nitrogen and oxygen atoms in total. The molecule has 9 heteroatoms. The summed E-state index contributed by atoms with van der Waals surface area (Å²) >= 11 is 0. The Hall–Kier alpha value is -4.14. The van der Waals surface area contributed by atoms with Crippen molar-refractivity contribution in [2.24, 2.45) is 7.05 Å². The predicted octanol–water partition coefficient (Wildman–Crippen LogP) is 4.03. The SMILES string of the molecule is CCc1nnc(-c2c(OC)cc(-c3cnc4cc(-c5cnn(C)c5)ccn34)cc2OC)o1. The number of aromatic nitrogens is 6. The van der Waals surface area contributed by atoms with Crippen LogP contribution in [-0.2, 0) is 13.5 Å². The van der Waals surface area contributed by atoms with E-state index in [9.17, 15) is 0 Å². The van der Waals surface area contributed by atoms with Gasteiger partial charge in [0.15, 0.2) is 0 Å². The predicted molar refractivity (Wildman–Crippen MR) is 119 cm³/mol. The van der Waals surface area contributed by atoms with Crippen LogP contribution >= 0.6 is 0 Å². The van der Waals surface area contributed by atoms with Gasteiger partial charge in [-0.3, -0.25) is 9.08 Å². The summed E-state index contributed by atoms with van der Waals surface area (Å²) in [5, 5.41) is 12.5. The van der Waals surface area contributed by atoms with Crippen molar-refractivity contribution in [1.29, 1.82) is 0 Å². The van der Waals surface area contributed by atoms with Crippen LogP contribution in [0.15, 0.2) is 53.5 Å². The van der Waals surface area contributed by atoms with Crippen molar-refractivity contribution in [2.75, 3.05) is 14.2 Å². The highest BCUT2D eigenvalue weighted by atomic mass is 16.5. The number of imidazole rings is 1. The highest BCUT2D eigenvalue weighted by Gasteiger charge is 2.21. The molecule has 0 spiro atoms. The summed E-state index contributed by atoms with van der Waals surface area (Å²) in [4.78, 5) is 4.61. The Kier molecular flexibility index (Phi) is 4.85. The zero-order chi connectivity index (χ0) is 22.2. The molecule has 0 aliphatic rings. The number of fused-ring (bicyclic) bond motifs is 1. The maximum atomic E-state index is 5.75. The smallest absolute Gasteiger partial charge is 0.255 e. The van der Waals surface area contributed by atoms with Crippen LogP contribution < -0.4 is 9.47 Å². The van der Waals surface area contributed by atoms with Crippen LogP contribution in [0, 0.1) is 0 Å². The quantitative estimate of drug-likeness (QED) is 0.401. The molecule has 32 heavy (non-hydrogen) atoms. The average molecular weight is 430 g/mol. The average Bonchev–Trinajstić information content (AvgIpc) is 3.56. The number of hydrogen-bond donors (Lipinski definition) is 0. The first-order valence-corrected chi connectivity index (χ1v) is 10.2. The summed E-state index contributed by atoms with van der Waals surface area (Å²) in [6, 6.07) is 7.93. The highest BCUT2D eigenvalue weighted by molar-refractivity contribution is 5.79. The second-order valence-electron chi connectivity index (χ2n) is 7.30. The number of hydrogen-bond acceptors (Lipinski definition) is 7. The molecule has 4 aromatic heterocycles. The number of pyridine rings is 1. The van der Waals surface area contributed by atoms with E-state index < -0.39 is 0 Å². The van der Waals surface area contributed by atoms with Gasteiger partial charge in [0, 0.05) is 37.0 Å². The first-order valence-electron chi connectivity index (χ1n) is 10.2. The topological polar surface area (TPSA) is 92.5 Å². The van der Waals surface area contributed by atoms with Gasteiger partial charge < -0.3 is 13.9 Å². The maximum Gasteiger partial charge on any atom is 0.255 e. The van der Waals surface area contributed by atoms with Crippen molar-refractivity contribution < 1.29 is 13.9 Å². The Morgan fingerprint density at radius 1 is 0.969 bits per heavy atom. The zero-order valence-electron chi connectivity index (χ0n) is 18.2. The number of aryl methyl sites for hydroxylation is 2. The Morgan fingerprint density at radius 3 is 2.38 bits per heavy atom. The van der Waals surface area contributed by atoms with Gasteiger partial charge in [-0.25, -0.2) is 4.98 Å². The van der Waals surface area contributed by atoms with Gasteiger partial charge in [-0.2, -0.15) is 5.10 Å². The van der Waals surface area contributed by atoms with Crippen LogP contribution in [-0.4, -0.2) is 43.6 Å². The van der Waals surface area contributed by atoms with Gasteiger partial charge in [0.05, 0.1) is 32.3 Å². The molecule has 0 saturated heterocycles. The minimum atomic E-state index is 0.362. The van der Waals surface area contributed by atoms with Gasteiger partial charge in [0.1, 0.15) is 22.7 Å². The molecular formula is C23H22N6O3. The lowest BCUT2D eigenvalue weighted by Crippen LogP contribution is -1.96. The Balaban J connectivity index is 1.61. The summed E-state index contributed by atoms with van der Waals surface area (Å²) in [5.41, 5.74) is 5.33. The van der Waals surface area contributed by atoms with Crippen molar-refractivity contribution in [3.05, 3.63) is 54.9 Å². The van der Waals surface area contributed by atoms with Crippen molar-refractivity contribution in [3.63, 3.8) is 0 Å². The molecule has 5 aromatic rings. The van der Waals surface area contributed by atoms with Crippen molar-refractivity contribution >= 4 is 5.65 Å². The van der Waals surface area contributed by atoms with Crippen molar-refractivity contribution in [2.45, 2.75) is 13.3 Å². The van der Waals surface area contributed by atoms with E-state index in [0.717, 1.165) is 28.0 Å². The molecular weight excluding hydrogens is 408 g/mol. The summed E-state index contributed by atoms with van der Waals surface area (Å²) < 4.78 is 20.9. The molecule has 0 N–H and O–H groups in total. The summed E-state index contributed by atoms with van der Waals surface area (Å²) in [6.45, 7) is 1.96. The van der Waals surface area contributed by atoms with E-state index in [1.54, 1.807) is 18.9 Å². The van der Waals surface area contributed by atoms with Crippen LogP contribution in [0.2, 0.25) is 0 Å². The van der Waals surface area contributed by atoms with E-state index >= 15 is 0 Å². The van der Waals surface area contributed by atoms with E-state index in [1.165, 1.54) is 0 Å². The minimum Gasteiger partial charge on any atom is -0.496 e. The normalized spacial score (nSPS) is 11.2. The Morgan fingerprint density at radius 2 is 1.75 bits per heavy atom. The fourth-order valence-corrected chi connectivity index (χ4v) is 3.71. The summed E-state index contributed by atoms with van der Waals surface area (Å²) in [7, 11) is 5.11. The molecule has 0 amide bonds. The Labute approximate surface area is 184 Å². The molecule has 1 aromatic carbocycles. The third-order valence-corrected chi connectivity index (χ3v) is 5.34. The van der Waals surface area contributed by atoms with E-state index in [0.29, 0.717) is 35.3 Å². The van der Waals surface area contributed by atoms with E-state index in [2.05, 4.69) is 20.3 Å². The third kappa shape index (κ3) is 3.27. The maximum absolute atomic E-state index is 5.75. The molecule has 0 saturated carbocycles. The fourth-order valence-electron chi connectivity index (χ4n) is 3.71. The molecule has 0 radical (unpaired) electrons. The number of rotatable bonds is 6. The lowest BCUT2D eigenvalue weighted by Gasteiger charge is -2.13. The van der Waals surface area contributed by atoms with Crippen LogP contribution in [0.3, 0.4) is 0 Å². The largest absolute Gasteiger partial charge is 0.496 e. The summed E-state index contributed by atoms with van der Waals surface area (Å²) in [6.07, 6.45) is 8.30. The molecule has 5 rings (SSSR count). The van der Waals surface area contributed by atoms with Gasteiger partial charge in [0.2, 0.25) is 5.89 Å². The molecule has 0 aliphatic heterocycles. The molecule has 0 atom stereocenters. The fraction of sp³-hybridized carbons (Fsp3) is 0.217. The zero-order valence-corrected chi connectivity index (χ0v) is 18.2. The van der Waals surface area contributed by atoms with Crippen LogP contribution in [0.25, 0.3) is 39.5 Å². The molecule has 0 unspecified atom stereocenters. The standard InChI is InChI=1S/C23H22N6O3/c1-5-21-26-27-23(32-21)22-18(30-3)8-15(9-19(22)31-4)17-12-24-20-10-14(6-7-29(17)20)16-11-25-28(2)13-16/h6-13H,5H2,1-4H3. The third-order valence-electron chi connectivity index (χ3n) is 5.34. The molecule has 4 heterocycles. The second kappa shape index (κ2) is 7.84. The number of methoxy groups -OCH3 is 2. The lowest BCUT2D eigenvalue weighted by molar-refractivity contribution is 0.393. The van der Waals surface area contributed by atoms with Crippen LogP contribution in [0.4, 0.5) is 0 Å². The van der Waals surface area contributed by atoms with Crippen LogP contribution in [0.5, 0.6) is 11.5 Å². The first-order chi connectivity index (χ1) is 15.6. The number of benzene rings is 1. The van der Waals surface area contributed by atoms with E-state index in [4.69, 9.17) is 13.9 Å². The molecule has 0 fully saturated rings. The highest BCUT2D eigenvalue weighted by Crippen LogP contribution is 2.41. The monoisotopic (exact) mass is 430 g/mol. The molecule has 162 valence electrons. The lowest BCUT2D eigenvalue weighted by atomic mass is 10.1. The van der Waals surface area contributed by atoms with Gasteiger partial charge in [0.25, 0.3) is 5.89 Å². The van der Waals surface area contributed by atoms with Gasteiger partial charge in [-0.1, -0.05) is 6.92 Å². The second-order valence-corrected chi connectivity index (χ2v) is 7.30. The molecule has 0 aliphatic carbocycles. The van der Waals surface area contributed by atoms with Gasteiger partial charge in [-0.15, -0.1) is 10.2 Å². The molecule has 0 bridgehead atoms. The van der Waals surface area contributed by atoms with Crippen LogP contribution in [0.1, 0.15) is 12.8 Å². The summed E-state index contributed by atoms with van der Waals surface area (Å²) in [5.74, 6) is 2.07. The van der Waals surface area contributed by atoms with E-state index in [1.807, 2.05) is 67.4 Å². The number of ether oxygens (including phenoxy) is 2.